The average molecular weight is 304 g/mol. The largest absolute Gasteiger partial charge is 0.245 e. The second-order valence-corrected chi connectivity index (χ2v) is 6.28. The van der Waals surface area contributed by atoms with E-state index in [2.05, 4.69) is 66.7 Å². The van der Waals surface area contributed by atoms with Gasteiger partial charge in [0.25, 0.3) is 0 Å². The van der Waals surface area contributed by atoms with Gasteiger partial charge in [-0.05, 0) is 11.5 Å². The number of nitrogens with zero attached hydrogens (tertiary/aromatic N) is 2. The Labute approximate surface area is 138 Å². The van der Waals surface area contributed by atoms with Crippen LogP contribution in [0.15, 0.2) is 82.8 Å². The number of rotatable bonds is 0. The smallest absolute Gasteiger partial charge is 0.0979 e. The molecule has 0 spiro atoms. The zero-order valence-corrected chi connectivity index (χ0v) is 12.8. The summed E-state index contributed by atoms with van der Waals surface area (Å²) >= 11 is 0. The fraction of sp³-hybridized carbons (Fsp3) is 0. The van der Waals surface area contributed by atoms with Crippen LogP contribution in [0.2, 0.25) is 0 Å². The van der Waals surface area contributed by atoms with E-state index in [-0.39, 0.29) is 0 Å². The molecule has 2 aliphatic heterocycles. The molecule has 4 aromatic rings. The minimum absolute atomic E-state index is 1.01. The third-order valence-corrected chi connectivity index (χ3v) is 4.99. The van der Waals surface area contributed by atoms with Crippen molar-refractivity contribution in [1.29, 1.82) is 0 Å². The fourth-order valence-electron chi connectivity index (χ4n) is 3.86. The lowest BCUT2D eigenvalue weighted by atomic mass is 9.98. The van der Waals surface area contributed by atoms with Crippen LogP contribution in [0.3, 0.4) is 0 Å². The molecule has 4 aromatic carbocycles. The lowest BCUT2D eigenvalue weighted by Crippen LogP contribution is -2.25. The summed E-state index contributed by atoms with van der Waals surface area (Å²) in [6.07, 6.45) is 0. The summed E-state index contributed by atoms with van der Waals surface area (Å²) in [7, 11) is 0. The molecule has 110 valence electrons. The third kappa shape index (κ3) is 1.41. The molecule has 2 heterocycles. The van der Waals surface area contributed by atoms with Crippen molar-refractivity contribution in [3.8, 4) is 22.3 Å². The van der Waals surface area contributed by atoms with Crippen molar-refractivity contribution < 1.29 is 0 Å². The van der Waals surface area contributed by atoms with E-state index in [1.165, 1.54) is 33.0 Å². The van der Waals surface area contributed by atoms with Gasteiger partial charge < -0.3 is 0 Å². The quantitative estimate of drug-likeness (QED) is 0.388. The van der Waals surface area contributed by atoms with Gasteiger partial charge in [0.05, 0.1) is 22.1 Å². The lowest BCUT2D eigenvalue weighted by Gasteiger charge is -2.04. The van der Waals surface area contributed by atoms with Crippen molar-refractivity contribution in [3.05, 3.63) is 83.5 Å². The molecule has 0 bridgehead atoms. The molecule has 2 aliphatic rings. The normalized spacial score (nSPS) is 12.8. The highest BCUT2D eigenvalue weighted by Crippen LogP contribution is 2.40. The van der Waals surface area contributed by atoms with Gasteiger partial charge in [0.1, 0.15) is 0 Å². The summed E-state index contributed by atoms with van der Waals surface area (Å²) in [5.41, 5.74) is 6.89. The molecule has 0 radical (unpaired) electrons. The van der Waals surface area contributed by atoms with E-state index in [1.807, 2.05) is 6.07 Å². The van der Waals surface area contributed by atoms with Gasteiger partial charge in [0.15, 0.2) is 0 Å². The summed E-state index contributed by atoms with van der Waals surface area (Å²) in [5, 5.41) is 4.45. The maximum atomic E-state index is 5.00. The summed E-state index contributed by atoms with van der Waals surface area (Å²) in [6, 6.07) is 25.5. The Hall–Kier alpha value is -3.26. The molecule has 0 N–H and O–H groups in total. The predicted molar refractivity (Wildman–Crippen MR) is 96.5 cm³/mol. The Morgan fingerprint density at radius 3 is 2.17 bits per heavy atom. The standard InChI is InChI=1S/C22H12N2/c1-2-6-14-13(5-1)9-10-17-18-12-11-16-15-7-3-4-8-19(15)23-21(16)22(18)24-20(14)17/h1-12H. The zero-order chi connectivity index (χ0) is 15.7. The molecule has 0 unspecified atom stereocenters. The highest BCUT2D eigenvalue weighted by atomic mass is 14.8. The second-order valence-electron chi connectivity index (χ2n) is 6.28. The number of hydrogen-bond acceptors (Lipinski definition) is 2. The molecular weight excluding hydrogens is 292 g/mol. The highest BCUT2D eigenvalue weighted by Gasteiger charge is 2.22. The van der Waals surface area contributed by atoms with Gasteiger partial charge in [-0.1, -0.05) is 66.7 Å². The van der Waals surface area contributed by atoms with E-state index in [9.17, 15) is 0 Å². The summed E-state index contributed by atoms with van der Waals surface area (Å²) in [4.78, 5) is 9.86. The van der Waals surface area contributed by atoms with Crippen LogP contribution in [-0.4, -0.2) is 0 Å². The minimum Gasteiger partial charge on any atom is -0.245 e. The fourth-order valence-corrected chi connectivity index (χ4v) is 3.86. The third-order valence-electron chi connectivity index (χ3n) is 4.99. The molecule has 0 saturated carbocycles. The van der Waals surface area contributed by atoms with Crippen molar-refractivity contribution in [3.63, 3.8) is 0 Å². The SMILES string of the molecule is c1ccc2c(c1)N=c1c-2ccc2c1=Nc1c-2ccc2ccccc12. The van der Waals surface area contributed by atoms with Crippen molar-refractivity contribution in [1.82, 2.24) is 0 Å². The van der Waals surface area contributed by atoms with Crippen molar-refractivity contribution in [2.24, 2.45) is 9.98 Å². The minimum atomic E-state index is 1.01. The van der Waals surface area contributed by atoms with E-state index in [4.69, 9.17) is 9.98 Å². The number of benzene rings is 4. The summed E-state index contributed by atoms with van der Waals surface area (Å²) in [6.45, 7) is 0. The van der Waals surface area contributed by atoms with E-state index in [0.29, 0.717) is 0 Å². The molecule has 0 atom stereocenters. The summed E-state index contributed by atoms with van der Waals surface area (Å²) in [5.74, 6) is 0. The van der Waals surface area contributed by atoms with Gasteiger partial charge in [-0.2, -0.15) is 0 Å². The molecular formula is C22H12N2. The lowest BCUT2D eigenvalue weighted by molar-refractivity contribution is 1.30. The van der Waals surface area contributed by atoms with E-state index < -0.39 is 0 Å². The van der Waals surface area contributed by atoms with Crippen LogP contribution < -0.4 is 10.7 Å². The highest BCUT2D eigenvalue weighted by molar-refractivity contribution is 6.01. The van der Waals surface area contributed by atoms with Gasteiger partial charge >= 0.3 is 0 Å². The maximum Gasteiger partial charge on any atom is 0.0979 e. The van der Waals surface area contributed by atoms with E-state index in [1.54, 1.807) is 0 Å². The second kappa shape index (κ2) is 4.18. The monoisotopic (exact) mass is 304 g/mol. The van der Waals surface area contributed by atoms with Crippen LogP contribution in [-0.2, 0) is 0 Å². The molecule has 0 saturated heterocycles. The van der Waals surface area contributed by atoms with Crippen LogP contribution in [0.1, 0.15) is 0 Å². The first-order valence-corrected chi connectivity index (χ1v) is 8.12. The van der Waals surface area contributed by atoms with Crippen molar-refractivity contribution in [2.75, 3.05) is 0 Å². The molecule has 2 heteroatoms. The Morgan fingerprint density at radius 1 is 0.500 bits per heavy atom. The maximum absolute atomic E-state index is 5.00. The van der Waals surface area contributed by atoms with Gasteiger partial charge in [0.2, 0.25) is 0 Å². The van der Waals surface area contributed by atoms with Crippen LogP contribution in [0.25, 0.3) is 33.0 Å². The first kappa shape index (κ1) is 12.2. The average Bonchev–Trinajstić information content (AvgIpc) is 3.20. The van der Waals surface area contributed by atoms with Crippen molar-refractivity contribution in [2.45, 2.75) is 0 Å². The van der Waals surface area contributed by atoms with Crippen LogP contribution >= 0.6 is 0 Å². The first-order chi connectivity index (χ1) is 11.9. The predicted octanol–water partition coefficient (Wildman–Crippen LogP) is 4.70. The van der Waals surface area contributed by atoms with Crippen LogP contribution in [0.5, 0.6) is 0 Å². The van der Waals surface area contributed by atoms with Crippen LogP contribution in [0, 0.1) is 0 Å². The van der Waals surface area contributed by atoms with E-state index >= 15 is 0 Å². The van der Waals surface area contributed by atoms with Crippen molar-refractivity contribution >= 4 is 22.1 Å². The molecule has 24 heavy (non-hydrogen) atoms. The molecule has 0 fully saturated rings. The number of para-hydroxylation sites is 1. The number of fused-ring (bicyclic) bond motifs is 9. The Balaban J connectivity index is 1.76. The topological polar surface area (TPSA) is 24.7 Å². The number of hydrogen-bond donors (Lipinski definition) is 0. The molecule has 0 aromatic heterocycles. The Kier molecular flexibility index (Phi) is 2.12. The van der Waals surface area contributed by atoms with Crippen LogP contribution in [0.4, 0.5) is 11.4 Å². The molecule has 0 aliphatic carbocycles. The van der Waals surface area contributed by atoms with E-state index in [0.717, 1.165) is 22.1 Å². The molecule has 2 nitrogen and oxygen atoms in total. The van der Waals surface area contributed by atoms with Gasteiger partial charge in [0, 0.05) is 27.6 Å². The Morgan fingerprint density at radius 2 is 1.21 bits per heavy atom. The summed E-state index contributed by atoms with van der Waals surface area (Å²) < 4.78 is 0. The van der Waals surface area contributed by atoms with Gasteiger partial charge in [-0.15, -0.1) is 0 Å². The molecule has 6 rings (SSSR count). The molecule has 0 amide bonds. The first-order valence-electron chi connectivity index (χ1n) is 8.12. The zero-order valence-electron chi connectivity index (χ0n) is 12.8. The van der Waals surface area contributed by atoms with Gasteiger partial charge in [-0.3, -0.25) is 0 Å². The Bertz CT molecular complexity index is 1300. The van der Waals surface area contributed by atoms with Gasteiger partial charge in [-0.25, -0.2) is 9.98 Å².